The van der Waals surface area contributed by atoms with Gasteiger partial charge in [0.05, 0.1) is 31.2 Å². The zero-order chi connectivity index (χ0) is 20.1. The first-order valence-electron chi connectivity index (χ1n) is 8.93. The number of hydrogen-bond donors (Lipinski definition) is 1. The molecule has 0 spiro atoms. The van der Waals surface area contributed by atoms with Crippen LogP contribution in [0.5, 0.6) is 11.5 Å². The maximum absolute atomic E-state index is 6.30. The predicted molar refractivity (Wildman–Crippen MR) is 110 cm³/mol. The monoisotopic (exact) mass is 398 g/mol. The highest BCUT2D eigenvalue weighted by Crippen LogP contribution is 2.32. The molecule has 0 aliphatic rings. The fourth-order valence-corrected chi connectivity index (χ4v) is 3.01. The number of hydrogen-bond acceptors (Lipinski definition) is 6. The number of ether oxygens (including phenoxy) is 2. The van der Waals surface area contributed by atoms with Crippen LogP contribution in [0.1, 0.15) is 28.3 Å². The fraction of sp³-hybridized carbons (Fsp3) is 0.286. The predicted octanol–water partition coefficient (Wildman–Crippen LogP) is 4.65. The Kier molecular flexibility index (Phi) is 6.31. The lowest BCUT2D eigenvalue weighted by Gasteiger charge is -2.16. The van der Waals surface area contributed by atoms with Crippen LogP contribution in [0.2, 0.25) is 5.02 Å². The van der Waals surface area contributed by atoms with E-state index in [2.05, 4.69) is 20.3 Å². The van der Waals surface area contributed by atoms with Crippen molar-refractivity contribution in [2.45, 2.75) is 33.9 Å². The summed E-state index contributed by atoms with van der Waals surface area (Å²) >= 11 is 6.30. The first kappa shape index (κ1) is 19.9. The number of aryl methyl sites for hydroxylation is 2. The molecule has 0 atom stereocenters. The quantitative estimate of drug-likeness (QED) is 0.624. The summed E-state index contributed by atoms with van der Waals surface area (Å²) in [6.07, 6.45) is 1.68. The molecule has 7 heteroatoms. The summed E-state index contributed by atoms with van der Waals surface area (Å²) in [4.78, 5) is 13.2. The van der Waals surface area contributed by atoms with E-state index in [9.17, 15) is 0 Å². The maximum Gasteiger partial charge on any atom is 0.180 e. The molecule has 1 N–H and O–H groups in total. The molecule has 28 heavy (non-hydrogen) atoms. The molecular weight excluding hydrogens is 376 g/mol. The largest absolute Gasteiger partial charge is 0.492 e. The first-order valence-corrected chi connectivity index (χ1v) is 9.31. The van der Waals surface area contributed by atoms with Crippen molar-refractivity contribution in [3.8, 4) is 11.5 Å². The van der Waals surface area contributed by atoms with Crippen molar-refractivity contribution < 1.29 is 9.47 Å². The van der Waals surface area contributed by atoms with Gasteiger partial charge in [-0.25, -0.2) is 9.97 Å². The Hall–Kier alpha value is -2.86. The Labute approximate surface area is 169 Å². The normalized spacial score (nSPS) is 10.6. The SMILES string of the molecule is COc1c(OCc2ccccc2)cnc(CNc2nc(C)nc(C)c2Cl)c1C. The Bertz CT molecular complexity index is 964. The fourth-order valence-electron chi connectivity index (χ4n) is 2.86. The van der Waals surface area contributed by atoms with Crippen LogP contribution in [0.3, 0.4) is 0 Å². The standard InChI is InChI=1S/C21H23ClN4O2/c1-13-17(10-24-21-19(22)14(2)25-15(3)26-21)23-11-18(20(13)27-4)28-12-16-8-6-5-7-9-16/h5-9,11H,10,12H2,1-4H3,(H,24,25,26). The lowest BCUT2D eigenvalue weighted by atomic mass is 10.2. The third kappa shape index (κ3) is 4.51. The van der Waals surface area contributed by atoms with Gasteiger partial charge in [0, 0.05) is 5.56 Å². The van der Waals surface area contributed by atoms with Gasteiger partial charge >= 0.3 is 0 Å². The van der Waals surface area contributed by atoms with Crippen molar-refractivity contribution in [2.75, 3.05) is 12.4 Å². The van der Waals surface area contributed by atoms with Gasteiger partial charge in [0.15, 0.2) is 11.5 Å². The van der Waals surface area contributed by atoms with E-state index in [1.807, 2.05) is 51.1 Å². The van der Waals surface area contributed by atoms with Gasteiger partial charge in [-0.2, -0.15) is 0 Å². The number of nitrogens with zero attached hydrogens (tertiary/aromatic N) is 3. The highest BCUT2D eigenvalue weighted by Gasteiger charge is 2.15. The van der Waals surface area contributed by atoms with Crippen LogP contribution in [-0.2, 0) is 13.2 Å². The van der Waals surface area contributed by atoms with Gasteiger partial charge in [0.2, 0.25) is 0 Å². The van der Waals surface area contributed by atoms with Crippen LogP contribution in [0.15, 0.2) is 36.5 Å². The molecule has 2 aromatic heterocycles. The summed E-state index contributed by atoms with van der Waals surface area (Å²) < 4.78 is 11.5. The van der Waals surface area contributed by atoms with E-state index in [-0.39, 0.29) is 0 Å². The summed E-state index contributed by atoms with van der Waals surface area (Å²) in [7, 11) is 1.63. The maximum atomic E-state index is 6.30. The van der Waals surface area contributed by atoms with Gasteiger partial charge in [-0.05, 0) is 26.3 Å². The van der Waals surface area contributed by atoms with Gasteiger partial charge in [0.1, 0.15) is 23.3 Å². The van der Waals surface area contributed by atoms with E-state index >= 15 is 0 Å². The summed E-state index contributed by atoms with van der Waals surface area (Å²) in [6.45, 7) is 6.55. The number of nitrogens with one attached hydrogen (secondary N) is 1. The number of aromatic nitrogens is 3. The Morgan fingerprint density at radius 2 is 1.82 bits per heavy atom. The van der Waals surface area contributed by atoms with Crippen LogP contribution in [0.4, 0.5) is 5.82 Å². The van der Waals surface area contributed by atoms with Gasteiger partial charge < -0.3 is 14.8 Å². The Balaban J connectivity index is 1.76. The van der Waals surface area contributed by atoms with Crippen molar-refractivity contribution in [1.82, 2.24) is 15.0 Å². The summed E-state index contributed by atoms with van der Waals surface area (Å²) in [6, 6.07) is 9.97. The summed E-state index contributed by atoms with van der Waals surface area (Å²) in [5.41, 5.74) is 3.55. The molecule has 146 valence electrons. The van der Waals surface area contributed by atoms with Crippen LogP contribution in [-0.4, -0.2) is 22.1 Å². The zero-order valence-electron chi connectivity index (χ0n) is 16.4. The third-order valence-electron chi connectivity index (χ3n) is 4.33. The minimum Gasteiger partial charge on any atom is -0.492 e. The molecular formula is C21H23ClN4O2. The molecule has 3 aromatic rings. The summed E-state index contributed by atoms with van der Waals surface area (Å²) in [5.74, 6) is 2.54. The molecule has 0 unspecified atom stereocenters. The van der Waals surface area contributed by atoms with Gasteiger partial charge in [-0.1, -0.05) is 41.9 Å². The van der Waals surface area contributed by atoms with Crippen LogP contribution in [0.25, 0.3) is 0 Å². The molecule has 3 rings (SSSR count). The van der Waals surface area contributed by atoms with E-state index < -0.39 is 0 Å². The minimum absolute atomic E-state index is 0.449. The van der Waals surface area contributed by atoms with E-state index in [4.69, 9.17) is 21.1 Å². The molecule has 0 bridgehead atoms. The van der Waals surface area contributed by atoms with Crippen molar-refractivity contribution >= 4 is 17.4 Å². The van der Waals surface area contributed by atoms with E-state index in [0.29, 0.717) is 41.3 Å². The second-order valence-electron chi connectivity index (χ2n) is 6.37. The second-order valence-corrected chi connectivity index (χ2v) is 6.75. The molecule has 0 fully saturated rings. The average molecular weight is 399 g/mol. The Morgan fingerprint density at radius 3 is 2.54 bits per heavy atom. The molecule has 0 saturated carbocycles. The van der Waals surface area contributed by atoms with Gasteiger partial charge in [0.25, 0.3) is 0 Å². The molecule has 0 saturated heterocycles. The molecule has 6 nitrogen and oxygen atoms in total. The van der Waals surface area contributed by atoms with Crippen LogP contribution < -0.4 is 14.8 Å². The number of rotatable bonds is 7. The molecule has 2 heterocycles. The van der Waals surface area contributed by atoms with Gasteiger partial charge in [-0.15, -0.1) is 0 Å². The number of methoxy groups -OCH3 is 1. The average Bonchev–Trinajstić information content (AvgIpc) is 2.69. The molecule has 0 aliphatic heterocycles. The number of benzene rings is 1. The molecule has 0 amide bonds. The smallest absolute Gasteiger partial charge is 0.180 e. The highest BCUT2D eigenvalue weighted by atomic mass is 35.5. The lowest BCUT2D eigenvalue weighted by Crippen LogP contribution is -2.09. The minimum atomic E-state index is 0.449. The third-order valence-corrected chi connectivity index (χ3v) is 4.78. The van der Waals surface area contributed by atoms with Crippen LogP contribution in [0, 0.1) is 20.8 Å². The number of halogens is 1. The summed E-state index contributed by atoms with van der Waals surface area (Å²) in [5, 5.41) is 3.75. The second kappa shape index (κ2) is 8.89. The van der Waals surface area contributed by atoms with Crippen LogP contribution >= 0.6 is 11.6 Å². The molecule has 0 radical (unpaired) electrons. The lowest BCUT2D eigenvalue weighted by molar-refractivity contribution is 0.282. The van der Waals surface area contributed by atoms with Crippen molar-refractivity contribution in [3.05, 3.63) is 69.9 Å². The number of anilines is 1. The molecule has 1 aromatic carbocycles. The van der Waals surface area contributed by atoms with Gasteiger partial charge in [-0.3, -0.25) is 4.98 Å². The van der Waals surface area contributed by atoms with E-state index in [1.165, 1.54) is 0 Å². The highest BCUT2D eigenvalue weighted by molar-refractivity contribution is 6.33. The first-order chi connectivity index (χ1) is 13.5. The molecule has 0 aliphatic carbocycles. The van der Waals surface area contributed by atoms with Crippen molar-refractivity contribution in [3.63, 3.8) is 0 Å². The van der Waals surface area contributed by atoms with E-state index in [1.54, 1.807) is 13.3 Å². The Morgan fingerprint density at radius 1 is 1.07 bits per heavy atom. The zero-order valence-corrected chi connectivity index (χ0v) is 17.2. The van der Waals surface area contributed by atoms with E-state index in [0.717, 1.165) is 22.5 Å². The topological polar surface area (TPSA) is 69.2 Å². The van der Waals surface area contributed by atoms with Crippen molar-refractivity contribution in [2.24, 2.45) is 0 Å². The van der Waals surface area contributed by atoms with Crippen molar-refractivity contribution in [1.29, 1.82) is 0 Å². The number of pyridine rings is 1.